The van der Waals surface area contributed by atoms with Gasteiger partial charge in [0.2, 0.25) is 0 Å². The normalized spacial score (nSPS) is 19.4. The molecular weight excluding hydrogens is 379 g/mol. The number of aromatic nitrogens is 2. The Morgan fingerprint density at radius 1 is 1.15 bits per heavy atom. The highest BCUT2D eigenvalue weighted by molar-refractivity contribution is 6.33. The molecule has 9 heteroatoms. The quantitative estimate of drug-likeness (QED) is 0.823. The number of hydrogen-bond donors (Lipinski definition) is 2. The summed E-state index contributed by atoms with van der Waals surface area (Å²) in [5.74, 6) is -0.831. The van der Waals surface area contributed by atoms with Crippen molar-refractivity contribution in [3.63, 3.8) is 0 Å². The van der Waals surface area contributed by atoms with E-state index in [0.717, 1.165) is 0 Å². The SMILES string of the molecule is O=C(NC[C@H]1C[C@@H](O)CN1C(=O)c1ncccc1Cl)c1ncccc1Cl. The number of hydrogen-bond acceptors (Lipinski definition) is 5. The van der Waals surface area contributed by atoms with E-state index >= 15 is 0 Å². The van der Waals surface area contributed by atoms with E-state index in [-0.39, 0.29) is 46.5 Å². The van der Waals surface area contributed by atoms with Crippen molar-refractivity contribution in [2.45, 2.75) is 18.6 Å². The number of carbonyl (C=O) groups is 2. The fraction of sp³-hybridized carbons (Fsp3) is 0.294. The van der Waals surface area contributed by atoms with Crippen LogP contribution in [-0.2, 0) is 0 Å². The van der Waals surface area contributed by atoms with E-state index in [1.165, 1.54) is 17.3 Å². The zero-order chi connectivity index (χ0) is 18.7. The zero-order valence-electron chi connectivity index (χ0n) is 13.6. The molecule has 2 atom stereocenters. The maximum absolute atomic E-state index is 12.7. The van der Waals surface area contributed by atoms with Crippen LogP contribution in [-0.4, -0.2) is 57.0 Å². The number of aliphatic hydroxyl groups excluding tert-OH is 1. The van der Waals surface area contributed by atoms with Gasteiger partial charge >= 0.3 is 0 Å². The minimum atomic E-state index is -0.679. The Morgan fingerprint density at radius 2 is 1.77 bits per heavy atom. The van der Waals surface area contributed by atoms with Crippen LogP contribution in [0, 0.1) is 0 Å². The second kappa shape index (κ2) is 7.99. The predicted molar refractivity (Wildman–Crippen MR) is 96.3 cm³/mol. The van der Waals surface area contributed by atoms with Crippen molar-refractivity contribution in [1.29, 1.82) is 0 Å². The number of likely N-dealkylation sites (tertiary alicyclic amines) is 1. The molecule has 2 amide bonds. The third-order valence-corrected chi connectivity index (χ3v) is 4.70. The molecule has 0 aromatic carbocycles. The summed E-state index contributed by atoms with van der Waals surface area (Å²) in [5.41, 5.74) is 0.228. The molecule has 2 aromatic rings. The van der Waals surface area contributed by atoms with Crippen LogP contribution in [0.1, 0.15) is 27.4 Å². The minimum absolute atomic E-state index is 0.110. The summed E-state index contributed by atoms with van der Waals surface area (Å²) in [4.78, 5) is 34.4. The fourth-order valence-corrected chi connectivity index (χ4v) is 3.27. The summed E-state index contributed by atoms with van der Waals surface area (Å²) in [7, 11) is 0. The van der Waals surface area contributed by atoms with Crippen LogP contribution in [0.5, 0.6) is 0 Å². The Balaban J connectivity index is 1.70. The van der Waals surface area contributed by atoms with Gasteiger partial charge in [-0.05, 0) is 30.7 Å². The van der Waals surface area contributed by atoms with Gasteiger partial charge in [-0.2, -0.15) is 0 Å². The number of pyridine rings is 2. The Kier molecular flexibility index (Phi) is 5.70. The summed E-state index contributed by atoms with van der Waals surface area (Å²) in [5, 5.41) is 13.2. The molecule has 1 saturated heterocycles. The average molecular weight is 395 g/mol. The number of carbonyl (C=O) groups excluding carboxylic acids is 2. The maximum atomic E-state index is 12.7. The van der Waals surface area contributed by atoms with Gasteiger partial charge in [-0.1, -0.05) is 23.2 Å². The highest BCUT2D eigenvalue weighted by atomic mass is 35.5. The molecule has 0 aliphatic carbocycles. The monoisotopic (exact) mass is 394 g/mol. The lowest BCUT2D eigenvalue weighted by atomic mass is 10.2. The van der Waals surface area contributed by atoms with Crippen molar-refractivity contribution in [1.82, 2.24) is 20.2 Å². The van der Waals surface area contributed by atoms with Crippen molar-refractivity contribution in [3.8, 4) is 0 Å². The van der Waals surface area contributed by atoms with Crippen molar-refractivity contribution in [2.75, 3.05) is 13.1 Å². The fourth-order valence-electron chi connectivity index (χ4n) is 2.86. The zero-order valence-corrected chi connectivity index (χ0v) is 15.1. The summed E-state index contributed by atoms with van der Waals surface area (Å²) in [6, 6.07) is 6.02. The van der Waals surface area contributed by atoms with Gasteiger partial charge in [0, 0.05) is 25.5 Å². The number of nitrogens with one attached hydrogen (secondary N) is 1. The topological polar surface area (TPSA) is 95.4 Å². The number of rotatable bonds is 4. The van der Waals surface area contributed by atoms with Gasteiger partial charge in [0.05, 0.1) is 22.2 Å². The van der Waals surface area contributed by atoms with E-state index in [1.807, 2.05) is 0 Å². The number of β-amino-alcohol motifs (C(OH)–C–C–N with tert-alkyl or cyclic N) is 1. The smallest absolute Gasteiger partial charge is 0.274 e. The van der Waals surface area contributed by atoms with Gasteiger partial charge in [0.15, 0.2) is 0 Å². The summed E-state index contributed by atoms with van der Waals surface area (Å²) in [6.07, 6.45) is 2.61. The highest BCUT2D eigenvalue weighted by Gasteiger charge is 2.36. The molecule has 7 nitrogen and oxygen atoms in total. The molecular formula is C17H16Cl2N4O3. The third-order valence-electron chi connectivity index (χ3n) is 4.09. The first-order valence-corrected chi connectivity index (χ1v) is 8.71. The summed E-state index contributed by atoms with van der Waals surface area (Å²) >= 11 is 12.0. The van der Waals surface area contributed by atoms with Crippen LogP contribution in [0.3, 0.4) is 0 Å². The van der Waals surface area contributed by atoms with Gasteiger partial charge in [-0.15, -0.1) is 0 Å². The Labute approximate surface area is 160 Å². The molecule has 1 aliphatic rings. The number of halogens is 2. The molecule has 0 radical (unpaired) electrons. The largest absolute Gasteiger partial charge is 0.391 e. The molecule has 2 aromatic heterocycles. The molecule has 136 valence electrons. The van der Waals surface area contributed by atoms with Gasteiger partial charge in [0.25, 0.3) is 11.8 Å². The standard InChI is InChI=1S/C17H16Cl2N4O3/c18-12-3-1-5-20-14(12)16(25)22-8-10-7-11(24)9-23(10)17(26)15-13(19)4-2-6-21-15/h1-6,10-11,24H,7-9H2,(H,22,25)/t10-,11-/m1/s1. The first-order chi connectivity index (χ1) is 12.5. The molecule has 3 heterocycles. The maximum Gasteiger partial charge on any atom is 0.274 e. The molecule has 1 aliphatic heterocycles. The highest BCUT2D eigenvalue weighted by Crippen LogP contribution is 2.23. The molecule has 1 fully saturated rings. The number of amides is 2. The van der Waals surface area contributed by atoms with E-state index in [2.05, 4.69) is 15.3 Å². The van der Waals surface area contributed by atoms with Crippen LogP contribution in [0.25, 0.3) is 0 Å². The van der Waals surface area contributed by atoms with Crippen molar-refractivity contribution >= 4 is 35.0 Å². The first-order valence-electron chi connectivity index (χ1n) is 7.95. The Bertz CT molecular complexity index is 833. The molecule has 3 rings (SSSR count). The predicted octanol–water partition coefficient (Wildman–Crippen LogP) is 1.79. The minimum Gasteiger partial charge on any atom is -0.391 e. The van der Waals surface area contributed by atoms with Crippen LogP contribution < -0.4 is 5.32 Å². The number of aliphatic hydroxyl groups is 1. The van der Waals surface area contributed by atoms with Crippen LogP contribution in [0.2, 0.25) is 10.0 Å². The van der Waals surface area contributed by atoms with Crippen molar-refractivity contribution in [2.24, 2.45) is 0 Å². The van der Waals surface area contributed by atoms with Gasteiger partial charge in [0.1, 0.15) is 11.4 Å². The molecule has 2 N–H and O–H groups in total. The van der Waals surface area contributed by atoms with Gasteiger partial charge < -0.3 is 15.3 Å². The molecule has 0 spiro atoms. The average Bonchev–Trinajstić information content (AvgIpc) is 3.00. The molecule has 0 saturated carbocycles. The molecule has 26 heavy (non-hydrogen) atoms. The van der Waals surface area contributed by atoms with E-state index in [9.17, 15) is 14.7 Å². The van der Waals surface area contributed by atoms with E-state index in [0.29, 0.717) is 6.42 Å². The lowest BCUT2D eigenvalue weighted by molar-refractivity contribution is 0.0702. The second-order valence-electron chi connectivity index (χ2n) is 5.88. The first kappa shape index (κ1) is 18.6. The van der Waals surface area contributed by atoms with Gasteiger partial charge in [-0.25, -0.2) is 9.97 Å². The van der Waals surface area contributed by atoms with E-state index in [1.54, 1.807) is 24.3 Å². The van der Waals surface area contributed by atoms with Crippen LogP contribution in [0.4, 0.5) is 0 Å². The van der Waals surface area contributed by atoms with Crippen LogP contribution >= 0.6 is 23.2 Å². The van der Waals surface area contributed by atoms with E-state index < -0.39 is 12.0 Å². The van der Waals surface area contributed by atoms with Crippen LogP contribution in [0.15, 0.2) is 36.7 Å². The summed E-state index contributed by atoms with van der Waals surface area (Å²) < 4.78 is 0. The van der Waals surface area contributed by atoms with Crippen molar-refractivity contribution < 1.29 is 14.7 Å². The molecule has 0 unspecified atom stereocenters. The second-order valence-corrected chi connectivity index (χ2v) is 6.69. The Morgan fingerprint density at radius 3 is 2.38 bits per heavy atom. The molecule has 0 bridgehead atoms. The summed E-state index contributed by atoms with van der Waals surface area (Å²) in [6.45, 7) is 0.301. The Hall–Kier alpha value is -2.22. The lowest BCUT2D eigenvalue weighted by Gasteiger charge is -2.24. The lowest BCUT2D eigenvalue weighted by Crippen LogP contribution is -2.43. The third kappa shape index (κ3) is 3.95. The number of nitrogens with zero attached hydrogens (tertiary/aromatic N) is 3. The van der Waals surface area contributed by atoms with E-state index in [4.69, 9.17) is 23.2 Å². The van der Waals surface area contributed by atoms with Gasteiger partial charge in [-0.3, -0.25) is 9.59 Å². The van der Waals surface area contributed by atoms with Crippen molar-refractivity contribution in [3.05, 3.63) is 58.1 Å².